The third-order valence-corrected chi connectivity index (χ3v) is 3.44. The van der Waals surface area contributed by atoms with E-state index < -0.39 is 0 Å². The normalized spacial score (nSPS) is 12.6. The largest absolute Gasteiger partial charge is 0.497 e. The number of benzene rings is 2. The summed E-state index contributed by atoms with van der Waals surface area (Å²) in [5.74, 6) is 0.881. The molecule has 20 heavy (non-hydrogen) atoms. The number of nitrogens with one attached hydrogen (secondary N) is 1. The Bertz CT molecular complexity index is 554. The van der Waals surface area contributed by atoms with Crippen LogP contribution in [-0.4, -0.2) is 24.9 Å². The van der Waals surface area contributed by atoms with Crippen molar-refractivity contribution >= 4 is 10.8 Å². The molecule has 0 radical (unpaired) electrons. The molecule has 3 heteroatoms. The van der Waals surface area contributed by atoms with Gasteiger partial charge in [-0.15, -0.1) is 0 Å². The summed E-state index contributed by atoms with van der Waals surface area (Å²) in [6, 6.07) is 12.5. The van der Waals surface area contributed by atoms with E-state index in [-0.39, 0.29) is 6.10 Å². The molecule has 0 bridgehead atoms. The number of fused-ring (bicyclic) bond motifs is 1. The summed E-state index contributed by atoms with van der Waals surface area (Å²) in [6.45, 7) is 3.51. The Labute approximate surface area is 120 Å². The van der Waals surface area contributed by atoms with E-state index in [4.69, 9.17) is 4.74 Å². The van der Waals surface area contributed by atoms with Crippen molar-refractivity contribution in [3.8, 4) is 5.75 Å². The quantitative estimate of drug-likeness (QED) is 0.814. The predicted molar refractivity (Wildman–Crippen MR) is 83.1 cm³/mol. The van der Waals surface area contributed by atoms with Crippen LogP contribution in [-0.2, 0) is 6.54 Å². The van der Waals surface area contributed by atoms with Crippen LogP contribution < -0.4 is 10.1 Å². The van der Waals surface area contributed by atoms with E-state index in [1.54, 1.807) is 7.11 Å². The Balaban J connectivity index is 1.97. The van der Waals surface area contributed by atoms with E-state index in [9.17, 15) is 5.11 Å². The molecule has 1 unspecified atom stereocenters. The lowest BCUT2D eigenvalue weighted by Gasteiger charge is -2.11. The van der Waals surface area contributed by atoms with Crippen molar-refractivity contribution in [2.75, 3.05) is 13.7 Å². The minimum Gasteiger partial charge on any atom is -0.497 e. The molecule has 108 valence electrons. The summed E-state index contributed by atoms with van der Waals surface area (Å²) in [4.78, 5) is 0. The van der Waals surface area contributed by atoms with Gasteiger partial charge in [0.15, 0.2) is 0 Å². The summed E-state index contributed by atoms with van der Waals surface area (Å²) in [6.07, 6.45) is 1.62. The molecule has 0 saturated heterocycles. The van der Waals surface area contributed by atoms with Crippen molar-refractivity contribution in [3.05, 3.63) is 42.0 Å². The molecule has 0 aromatic heterocycles. The Morgan fingerprint density at radius 1 is 1.15 bits per heavy atom. The monoisotopic (exact) mass is 273 g/mol. The number of hydrogen-bond donors (Lipinski definition) is 2. The molecular weight excluding hydrogens is 250 g/mol. The van der Waals surface area contributed by atoms with Gasteiger partial charge in [-0.25, -0.2) is 0 Å². The summed E-state index contributed by atoms with van der Waals surface area (Å²) >= 11 is 0. The van der Waals surface area contributed by atoms with Crippen LogP contribution in [0.1, 0.15) is 25.3 Å². The molecule has 2 N–H and O–H groups in total. The highest BCUT2D eigenvalue weighted by Gasteiger charge is 2.02. The van der Waals surface area contributed by atoms with Crippen molar-refractivity contribution in [2.24, 2.45) is 0 Å². The zero-order valence-electron chi connectivity index (χ0n) is 12.2. The Morgan fingerprint density at radius 2 is 1.90 bits per heavy atom. The average Bonchev–Trinajstić information content (AvgIpc) is 2.47. The van der Waals surface area contributed by atoms with Crippen LogP contribution in [0.5, 0.6) is 5.75 Å². The van der Waals surface area contributed by atoms with Gasteiger partial charge in [0.25, 0.3) is 0 Å². The molecular formula is C17H23NO2. The lowest BCUT2D eigenvalue weighted by molar-refractivity contribution is 0.160. The number of methoxy groups -OCH3 is 1. The minimum absolute atomic E-state index is 0.246. The van der Waals surface area contributed by atoms with Gasteiger partial charge in [-0.1, -0.05) is 31.5 Å². The van der Waals surface area contributed by atoms with Crippen LogP contribution in [0.25, 0.3) is 10.8 Å². The van der Waals surface area contributed by atoms with E-state index in [0.29, 0.717) is 6.54 Å². The first-order valence-electron chi connectivity index (χ1n) is 7.18. The van der Waals surface area contributed by atoms with Gasteiger partial charge in [0.2, 0.25) is 0 Å². The second-order valence-electron chi connectivity index (χ2n) is 5.12. The summed E-state index contributed by atoms with van der Waals surface area (Å²) < 4.78 is 5.23. The van der Waals surface area contributed by atoms with E-state index in [2.05, 4.69) is 36.5 Å². The lowest BCUT2D eigenvalue weighted by Crippen LogP contribution is -2.26. The second-order valence-corrected chi connectivity index (χ2v) is 5.12. The fraction of sp³-hybridized carbons (Fsp3) is 0.412. The minimum atomic E-state index is -0.246. The third kappa shape index (κ3) is 3.95. The van der Waals surface area contributed by atoms with Crippen LogP contribution in [0.4, 0.5) is 0 Å². The smallest absolute Gasteiger partial charge is 0.119 e. The van der Waals surface area contributed by atoms with Crippen molar-refractivity contribution < 1.29 is 9.84 Å². The number of aliphatic hydroxyl groups excluding tert-OH is 1. The SMILES string of the molecule is CCCC(O)CNCc1ccc2cc(OC)ccc2c1. The molecule has 2 aromatic carbocycles. The lowest BCUT2D eigenvalue weighted by atomic mass is 10.1. The maximum atomic E-state index is 9.68. The first kappa shape index (κ1) is 14.8. The Morgan fingerprint density at radius 3 is 2.65 bits per heavy atom. The summed E-state index contributed by atoms with van der Waals surface area (Å²) in [5.41, 5.74) is 1.23. The van der Waals surface area contributed by atoms with Crippen LogP contribution >= 0.6 is 0 Å². The Hall–Kier alpha value is -1.58. The molecule has 2 rings (SSSR count). The molecule has 3 nitrogen and oxygen atoms in total. The highest BCUT2D eigenvalue weighted by atomic mass is 16.5. The van der Waals surface area contributed by atoms with Gasteiger partial charge in [-0.3, -0.25) is 0 Å². The maximum absolute atomic E-state index is 9.68. The standard InChI is InChI=1S/C17H23NO2/c1-3-4-16(19)12-18-11-13-5-6-15-10-17(20-2)8-7-14(15)9-13/h5-10,16,18-19H,3-4,11-12H2,1-2H3. The Kier molecular flexibility index (Phi) is 5.39. The number of ether oxygens (including phenoxy) is 1. The zero-order chi connectivity index (χ0) is 14.4. The first-order chi connectivity index (χ1) is 9.72. The summed E-state index contributed by atoms with van der Waals surface area (Å²) in [7, 11) is 1.68. The molecule has 0 fully saturated rings. The first-order valence-corrected chi connectivity index (χ1v) is 7.18. The van der Waals surface area contributed by atoms with Crippen LogP contribution in [0.15, 0.2) is 36.4 Å². The third-order valence-electron chi connectivity index (χ3n) is 3.44. The molecule has 0 spiro atoms. The molecule has 2 aromatic rings. The van der Waals surface area contributed by atoms with Crippen LogP contribution in [0.2, 0.25) is 0 Å². The summed E-state index contributed by atoms with van der Waals surface area (Å²) in [5, 5.41) is 15.4. The number of rotatable bonds is 7. The van der Waals surface area contributed by atoms with Gasteiger partial charge >= 0.3 is 0 Å². The van der Waals surface area contributed by atoms with E-state index in [1.165, 1.54) is 16.3 Å². The molecule has 0 amide bonds. The van der Waals surface area contributed by atoms with E-state index in [0.717, 1.165) is 25.1 Å². The van der Waals surface area contributed by atoms with Crippen molar-refractivity contribution in [1.82, 2.24) is 5.32 Å². The fourth-order valence-electron chi connectivity index (χ4n) is 2.33. The highest BCUT2D eigenvalue weighted by molar-refractivity contribution is 5.84. The maximum Gasteiger partial charge on any atom is 0.119 e. The molecule has 0 heterocycles. The van der Waals surface area contributed by atoms with Crippen molar-refractivity contribution in [2.45, 2.75) is 32.4 Å². The average molecular weight is 273 g/mol. The van der Waals surface area contributed by atoms with Gasteiger partial charge in [-0.05, 0) is 41.0 Å². The van der Waals surface area contributed by atoms with Crippen LogP contribution in [0.3, 0.4) is 0 Å². The molecule has 0 aliphatic heterocycles. The van der Waals surface area contributed by atoms with Crippen LogP contribution in [0, 0.1) is 0 Å². The topological polar surface area (TPSA) is 41.5 Å². The zero-order valence-corrected chi connectivity index (χ0v) is 12.2. The van der Waals surface area contributed by atoms with Gasteiger partial charge < -0.3 is 15.2 Å². The van der Waals surface area contributed by atoms with E-state index in [1.807, 2.05) is 12.1 Å². The number of aliphatic hydroxyl groups is 1. The van der Waals surface area contributed by atoms with Crippen molar-refractivity contribution in [1.29, 1.82) is 0 Å². The van der Waals surface area contributed by atoms with Gasteiger partial charge in [0.1, 0.15) is 5.75 Å². The molecule has 0 saturated carbocycles. The van der Waals surface area contributed by atoms with Crippen molar-refractivity contribution in [3.63, 3.8) is 0 Å². The molecule has 1 atom stereocenters. The predicted octanol–water partition coefficient (Wildman–Crippen LogP) is 3.10. The molecule has 0 aliphatic carbocycles. The number of hydrogen-bond acceptors (Lipinski definition) is 3. The fourth-order valence-corrected chi connectivity index (χ4v) is 2.33. The van der Waals surface area contributed by atoms with Gasteiger partial charge in [0, 0.05) is 13.1 Å². The van der Waals surface area contributed by atoms with Gasteiger partial charge in [-0.2, -0.15) is 0 Å². The van der Waals surface area contributed by atoms with E-state index >= 15 is 0 Å². The second kappa shape index (κ2) is 7.27. The highest BCUT2D eigenvalue weighted by Crippen LogP contribution is 2.21. The van der Waals surface area contributed by atoms with Gasteiger partial charge in [0.05, 0.1) is 13.2 Å². The molecule has 0 aliphatic rings.